The van der Waals surface area contributed by atoms with Crippen molar-refractivity contribution < 1.29 is 13.2 Å². The maximum atomic E-state index is 12.3. The number of hydrogen-bond acceptors (Lipinski definition) is 3. The maximum Gasteiger partial charge on any atom is 0.241 e. The Hall–Kier alpha value is -0.910. The first-order valence-corrected chi connectivity index (χ1v) is 7.65. The van der Waals surface area contributed by atoms with Crippen LogP contribution in [0.25, 0.3) is 0 Å². The lowest BCUT2D eigenvalue weighted by Gasteiger charge is -2.19. The highest BCUT2D eigenvalue weighted by Crippen LogP contribution is 2.20. The predicted molar refractivity (Wildman–Crippen MR) is 69.9 cm³/mol. The van der Waals surface area contributed by atoms with Gasteiger partial charge in [0.25, 0.3) is 0 Å². The molecule has 1 aromatic carbocycles. The third-order valence-electron chi connectivity index (χ3n) is 3.40. The van der Waals surface area contributed by atoms with Crippen molar-refractivity contribution in [1.82, 2.24) is 4.72 Å². The van der Waals surface area contributed by atoms with Crippen molar-refractivity contribution in [2.45, 2.75) is 31.2 Å². The second kappa shape index (κ2) is 5.38. The molecule has 2 unspecified atom stereocenters. The third-order valence-corrected chi connectivity index (χ3v) is 5.12. The van der Waals surface area contributed by atoms with Gasteiger partial charge < -0.3 is 4.74 Å². The largest absolute Gasteiger partial charge is 0.381 e. The van der Waals surface area contributed by atoms with Crippen LogP contribution in [-0.2, 0) is 14.8 Å². The molecule has 2 rings (SSSR count). The van der Waals surface area contributed by atoms with Crippen LogP contribution < -0.4 is 4.72 Å². The lowest BCUT2D eigenvalue weighted by Crippen LogP contribution is -2.38. The molecule has 0 bridgehead atoms. The van der Waals surface area contributed by atoms with E-state index in [4.69, 9.17) is 4.74 Å². The molecule has 0 saturated carbocycles. The number of aryl methyl sites for hydroxylation is 1. The average Bonchev–Trinajstić information content (AvgIpc) is 2.82. The van der Waals surface area contributed by atoms with Crippen molar-refractivity contribution in [2.24, 2.45) is 5.92 Å². The van der Waals surface area contributed by atoms with E-state index in [1.54, 1.807) is 25.1 Å². The van der Waals surface area contributed by atoms with Gasteiger partial charge in [-0.15, -0.1) is 0 Å². The average molecular weight is 269 g/mol. The molecule has 1 aromatic rings. The number of rotatable bonds is 4. The molecule has 0 radical (unpaired) electrons. The second-order valence-electron chi connectivity index (χ2n) is 4.80. The van der Waals surface area contributed by atoms with Gasteiger partial charge in [0.05, 0.1) is 11.5 Å². The van der Waals surface area contributed by atoms with Crippen molar-refractivity contribution in [3.63, 3.8) is 0 Å². The highest BCUT2D eigenvalue weighted by atomic mass is 32.2. The minimum absolute atomic E-state index is 0.0999. The van der Waals surface area contributed by atoms with E-state index in [1.807, 2.05) is 13.0 Å². The van der Waals surface area contributed by atoms with Gasteiger partial charge in [0, 0.05) is 18.6 Å². The maximum absolute atomic E-state index is 12.3. The molecule has 0 aromatic heterocycles. The highest BCUT2D eigenvalue weighted by molar-refractivity contribution is 7.89. The van der Waals surface area contributed by atoms with E-state index in [2.05, 4.69) is 4.72 Å². The van der Waals surface area contributed by atoms with Gasteiger partial charge >= 0.3 is 0 Å². The summed E-state index contributed by atoms with van der Waals surface area (Å²) in [5.74, 6) is 0.267. The zero-order valence-corrected chi connectivity index (χ0v) is 11.5. The summed E-state index contributed by atoms with van der Waals surface area (Å²) in [6.07, 6.45) is 0.914. The van der Waals surface area contributed by atoms with Crippen molar-refractivity contribution >= 4 is 10.0 Å². The molecule has 1 aliphatic rings. The van der Waals surface area contributed by atoms with E-state index in [1.165, 1.54) is 0 Å². The number of ether oxygens (including phenoxy) is 1. The normalized spacial score (nSPS) is 22.0. The van der Waals surface area contributed by atoms with E-state index >= 15 is 0 Å². The molecule has 1 saturated heterocycles. The monoisotopic (exact) mass is 269 g/mol. The Kier molecular flexibility index (Phi) is 4.04. The molecule has 1 N–H and O–H groups in total. The molecule has 100 valence electrons. The Morgan fingerprint density at radius 2 is 2.11 bits per heavy atom. The van der Waals surface area contributed by atoms with Crippen molar-refractivity contribution in [3.05, 3.63) is 29.8 Å². The minimum Gasteiger partial charge on any atom is -0.381 e. The topological polar surface area (TPSA) is 55.4 Å². The fraction of sp³-hybridized carbons (Fsp3) is 0.538. The number of hydrogen-bond donors (Lipinski definition) is 1. The van der Waals surface area contributed by atoms with Crippen LogP contribution in [0.5, 0.6) is 0 Å². The van der Waals surface area contributed by atoms with E-state index < -0.39 is 10.0 Å². The number of nitrogens with one attached hydrogen (secondary N) is 1. The van der Waals surface area contributed by atoms with Gasteiger partial charge in [-0.2, -0.15) is 0 Å². The molecular weight excluding hydrogens is 250 g/mol. The van der Waals surface area contributed by atoms with Gasteiger partial charge in [0.15, 0.2) is 0 Å². The lowest BCUT2D eigenvalue weighted by atomic mass is 10.0. The summed E-state index contributed by atoms with van der Waals surface area (Å²) >= 11 is 0. The Bertz CT molecular complexity index is 507. The Morgan fingerprint density at radius 3 is 2.72 bits per heavy atom. The summed E-state index contributed by atoms with van der Waals surface area (Å²) in [5.41, 5.74) is 0.764. The van der Waals surface area contributed by atoms with Crippen LogP contribution in [-0.4, -0.2) is 27.7 Å². The van der Waals surface area contributed by atoms with Crippen LogP contribution >= 0.6 is 0 Å². The Labute approximate surface area is 108 Å². The first kappa shape index (κ1) is 13.5. The second-order valence-corrected chi connectivity index (χ2v) is 6.48. The molecule has 1 fully saturated rings. The van der Waals surface area contributed by atoms with Crippen LogP contribution in [0, 0.1) is 12.8 Å². The van der Waals surface area contributed by atoms with Gasteiger partial charge in [-0.05, 0) is 31.9 Å². The molecule has 1 aliphatic heterocycles. The third kappa shape index (κ3) is 2.91. The van der Waals surface area contributed by atoms with Crippen LogP contribution in [0.4, 0.5) is 0 Å². The molecule has 18 heavy (non-hydrogen) atoms. The van der Waals surface area contributed by atoms with E-state index in [0.717, 1.165) is 18.6 Å². The molecule has 0 aliphatic carbocycles. The number of benzene rings is 1. The summed E-state index contributed by atoms with van der Waals surface area (Å²) < 4.78 is 32.6. The fourth-order valence-electron chi connectivity index (χ4n) is 2.21. The van der Waals surface area contributed by atoms with Crippen molar-refractivity contribution in [3.8, 4) is 0 Å². The van der Waals surface area contributed by atoms with Gasteiger partial charge in [-0.3, -0.25) is 0 Å². The molecule has 0 spiro atoms. The van der Waals surface area contributed by atoms with Gasteiger partial charge in [0.1, 0.15) is 0 Å². The van der Waals surface area contributed by atoms with Crippen LogP contribution in [0.15, 0.2) is 29.2 Å². The number of sulfonamides is 1. The summed E-state index contributed by atoms with van der Waals surface area (Å²) in [6.45, 7) is 5.06. The van der Waals surface area contributed by atoms with Crippen LogP contribution in [0.3, 0.4) is 0 Å². The first-order chi connectivity index (χ1) is 8.50. The van der Waals surface area contributed by atoms with Gasteiger partial charge in [-0.1, -0.05) is 18.2 Å². The Morgan fingerprint density at radius 1 is 1.39 bits per heavy atom. The molecule has 2 atom stereocenters. The summed E-state index contributed by atoms with van der Waals surface area (Å²) in [4.78, 5) is 0.357. The Balaban J connectivity index is 2.14. The summed E-state index contributed by atoms with van der Waals surface area (Å²) in [6, 6.07) is 6.91. The standard InChI is InChI=1S/C13H19NO3S/c1-10-5-3-4-6-13(10)18(15,16)14-11(2)12-7-8-17-9-12/h3-6,11-12,14H,7-9H2,1-2H3. The highest BCUT2D eigenvalue weighted by Gasteiger charge is 2.27. The zero-order valence-electron chi connectivity index (χ0n) is 10.7. The summed E-state index contributed by atoms with van der Waals surface area (Å²) in [5, 5.41) is 0. The van der Waals surface area contributed by atoms with Gasteiger partial charge in [0.2, 0.25) is 10.0 Å². The van der Waals surface area contributed by atoms with Crippen molar-refractivity contribution in [2.75, 3.05) is 13.2 Å². The van der Waals surface area contributed by atoms with Crippen LogP contribution in [0.1, 0.15) is 18.9 Å². The van der Waals surface area contributed by atoms with E-state index in [-0.39, 0.29) is 12.0 Å². The fourth-order valence-corrected chi connectivity index (χ4v) is 3.77. The smallest absolute Gasteiger partial charge is 0.241 e. The predicted octanol–water partition coefficient (Wildman–Crippen LogP) is 1.70. The summed E-state index contributed by atoms with van der Waals surface area (Å²) in [7, 11) is -3.43. The molecular formula is C13H19NO3S. The van der Waals surface area contributed by atoms with E-state index in [0.29, 0.717) is 11.5 Å². The van der Waals surface area contributed by atoms with Crippen molar-refractivity contribution in [1.29, 1.82) is 0 Å². The quantitative estimate of drug-likeness (QED) is 0.905. The zero-order chi connectivity index (χ0) is 13.2. The SMILES string of the molecule is Cc1ccccc1S(=O)(=O)NC(C)C1CCOC1. The molecule has 1 heterocycles. The first-order valence-electron chi connectivity index (χ1n) is 6.16. The minimum atomic E-state index is -3.43. The lowest BCUT2D eigenvalue weighted by molar-refractivity contribution is 0.180. The van der Waals surface area contributed by atoms with Gasteiger partial charge in [-0.25, -0.2) is 13.1 Å². The molecule has 0 amide bonds. The molecule has 5 heteroatoms. The molecule has 4 nitrogen and oxygen atoms in total. The van der Waals surface area contributed by atoms with Crippen LogP contribution in [0.2, 0.25) is 0 Å². The van der Waals surface area contributed by atoms with E-state index in [9.17, 15) is 8.42 Å².